The number of rotatable bonds is 4. The van der Waals surface area contributed by atoms with Gasteiger partial charge < -0.3 is 4.74 Å². The van der Waals surface area contributed by atoms with Crippen LogP contribution in [0, 0.1) is 0 Å². The second-order valence-corrected chi connectivity index (χ2v) is 4.21. The first-order valence-electron chi connectivity index (χ1n) is 5.74. The molecule has 3 heteroatoms. The standard InChI is InChI=1S/C14H16N2O/c1-11(2)13-6-3-7-14(16-13)17-10-12-5-4-8-15-9-12/h3-9,11H,10H2,1-2H3. The number of aromatic nitrogens is 2. The van der Waals surface area contributed by atoms with Gasteiger partial charge >= 0.3 is 0 Å². The SMILES string of the molecule is CC(C)c1cccc(OCc2cccnc2)n1. The highest BCUT2D eigenvalue weighted by Gasteiger charge is 2.02. The van der Waals surface area contributed by atoms with E-state index in [1.54, 1.807) is 12.4 Å². The summed E-state index contributed by atoms with van der Waals surface area (Å²) in [6.07, 6.45) is 3.55. The third-order valence-electron chi connectivity index (χ3n) is 2.45. The number of nitrogens with zero attached hydrogens (tertiary/aromatic N) is 2. The van der Waals surface area contributed by atoms with Gasteiger partial charge in [0.15, 0.2) is 0 Å². The Morgan fingerprint density at radius 1 is 1.18 bits per heavy atom. The molecular formula is C14H16N2O. The van der Waals surface area contributed by atoms with Crippen LogP contribution in [0.4, 0.5) is 0 Å². The molecule has 0 radical (unpaired) electrons. The zero-order chi connectivity index (χ0) is 12.1. The van der Waals surface area contributed by atoms with Crippen LogP contribution in [0.1, 0.15) is 31.0 Å². The van der Waals surface area contributed by atoms with Crippen LogP contribution in [-0.4, -0.2) is 9.97 Å². The van der Waals surface area contributed by atoms with E-state index in [1.165, 1.54) is 0 Å². The molecule has 0 saturated heterocycles. The summed E-state index contributed by atoms with van der Waals surface area (Å²) in [6.45, 7) is 4.74. The molecule has 2 rings (SSSR count). The Bertz CT molecular complexity index is 469. The van der Waals surface area contributed by atoms with Crippen molar-refractivity contribution in [3.8, 4) is 5.88 Å². The molecule has 0 aromatic carbocycles. The average Bonchev–Trinajstić information content (AvgIpc) is 2.38. The lowest BCUT2D eigenvalue weighted by Crippen LogP contribution is -2.00. The molecule has 3 nitrogen and oxygen atoms in total. The summed E-state index contributed by atoms with van der Waals surface area (Å²) in [5, 5.41) is 0. The quantitative estimate of drug-likeness (QED) is 0.806. The Balaban J connectivity index is 2.02. The van der Waals surface area contributed by atoms with E-state index in [4.69, 9.17) is 4.74 Å². The molecule has 0 spiro atoms. The van der Waals surface area contributed by atoms with Gasteiger partial charge in [-0.25, -0.2) is 4.98 Å². The van der Waals surface area contributed by atoms with Crippen LogP contribution in [0.15, 0.2) is 42.7 Å². The van der Waals surface area contributed by atoms with Gasteiger partial charge in [0.2, 0.25) is 5.88 Å². The van der Waals surface area contributed by atoms with Gasteiger partial charge in [-0.05, 0) is 18.1 Å². The highest BCUT2D eigenvalue weighted by molar-refractivity contribution is 5.18. The maximum atomic E-state index is 5.63. The molecule has 2 aromatic heterocycles. The molecule has 0 aliphatic carbocycles. The third-order valence-corrected chi connectivity index (χ3v) is 2.45. The van der Waals surface area contributed by atoms with Crippen LogP contribution in [-0.2, 0) is 6.61 Å². The lowest BCUT2D eigenvalue weighted by molar-refractivity contribution is 0.292. The van der Waals surface area contributed by atoms with Crippen LogP contribution in [0.5, 0.6) is 5.88 Å². The molecule has 0 N–H and O–H groups in total. The topological polar surface area (TPSA) is 35.0 Å². The molecule has 2 aromatic rings. The van der Waals surface area contributed by atoms with Gasteiger partial charge in [0.25, 0.3) is 0 Å². The minimum absolute atomic E-state index is 0.414. The summed E-state index contributed by atoms with van der Waals surface area (Å²) < 4.78 is 5.63. The van der Waals surface area contributed by atoms with Crippen molar-refractivity contribution in [2.24, 2.45) is 0 Å². The summed E-state index contributed by atoms with van der Waals surface area (Å²) in [6, 6.07) is 9.75. The van der Waals surface area contributed by atoms with Crippen LogP contribution in [0.25, 0.3) is 0 Å². The van der Waals surface area contributed by atoms with Crippen molar-refractivity contribution in [3.05, 3.63) is 54.0 Å². The van der Waals surface area contributed by atoms with Crippen LogP contribution in [0.2, 0.25) is 0 Å². The highest BCUT2D eigenvalue weighted by Crippen LogP contribution is 2.16. The van der Waals surface area contributed by atoms with E-state index in [1.807, 2.05) is 30.3 Å². The Labute approximate surface area is 102 Å². The molecular weight excluding hydrogens is 212 g/mol. The Morgan fingerprint density at radius 2 is 2.06 bits per heavy atom. The van der Waals surface area contributed by atoms with Crippen molar-refractivity contribution in [3.63, 3.8) is 0 Å². The molecule has 0 aliphatic heterocycles. The average molecular weight is 228 g/mol. The van der Waals surface area contributed by atoms with E-state index in [9.17, 15) is 0 Å². The van der Waals surface area contributed by atoms with Gasteiger partial charge in [-0.3, -0.25) is 4.98 Å². The first-order valence-corrected chi connectivity index (χ1v) is 5.74. The van der Waals surface area contributed by atoms with Crippen molar-refractivity contribution in [2.45, 2.75) is 26.4 Å². The Hall–Kier alpha value is -1.90. The second-order valence-electron chi connectivity index (χ2n) is 4.21. The van der Waals surface area contributed by atoms with E-state index in [2.05, 4.69) is 23.8 Å². The van der Waals surface area contributed by atoms with Crippen molar-refractivity contribution < 1.29 is 4.74 Å². The van der Waals surface area contributed by atoms with Gasteiger partial charge in [0, 0.05) is 29.7 Å². The third kappa shape index (κ3) is 3.28. The van der Waals surface area contributed by atoms with Crippen LogP contribution < -0.4 is 4.74 Å². The van der Waals surface area contributed by atoms with Crippen molar-refractivity contribution >= 4 is 0 Å². The summed E-state index contributed by atoms with van der Waals surface area (Å²) in [5.74, 6) is 1.08. The first-order chi connectivity index (χ1) is 8.25. The molecule has 0 saturated carbocycles. The fourth-order valence-electron chi connectivity index (χ4n) is 1.47. The molecule has 0 bridgehead atoms. The summed E-state index contributed by atoms with van der Waals surface area (Å²) in [4.78, 5) is 8.49. The van der Waals surface area contributed by atoms with Crippen molar-refractivity contribution in [2.75, 3.05) is 0 Å². The van der Waals surface area contributed by atoms with E-state index in [0.717, 1.165) is 11.3 Å². The zero-order valence-electron chi connectivity index (χ0n) is 10.1. The normalized spacial score (nSPS) is 10.5. The lowest BCUT2D eigenvalue weighted by Gasteiger charge is -2.08. The molecule has 2 heterocycles. The van der Waals surface area contributed by atoms with E-state index >= 15 is 0 Å². The van der Waals surface area contributed by atoms with Gasteiger partial charge in [0.1, 0.15) is 6.61 Å². The second kappa shape index (κ2) is 5.43. The molecule has 17 heavy (non-hydrogen) atoms. The monoisotopic (exact) mass is 228 g/mol. The minimum Gasteiger partial charge on any atom is -0.473 e. The molecule has 0 amide bonds. The zero-order valence-corrected chi connectivity index (χ0v) is 10.1. The van der Waals surface area contributed by atoms with E-state index in [-0.39, 0.29) is 0 Å². The maximum absolute atomic E-state index is 5.63. The summed E-state index contributed by atoms with van der Waals surface area (Å²) in [5.41, 5.74) is 2.10. The molecule has 88 valence electrons. The molecule has 0 unspecified atom stereocenters. The predicted molar refractivity (Wildman–Crippen MR) is 66.9 cm³/mol. The van der Waals surface area contributed by atoms with Gasteiger partial charge in [-0.2, -0.15) is 0 Å². The smallest absolute Gasteiger partial charge is 0.213 e. The number of ether oxygens (including phenoxy) is 1. The molecule has 0 fully saturated rings. The lowest BCUT2D eigenvalue weighted by atomic mass is 10.1. The fraction of sp³-hybridized carbons (Fsp3) is 0.286. The summed E-state index contributed by atoms with van der Waals surface area (Å²) in [7, 11) is 0. The van der Waals surface area contributed by atoms with Crippen LogP contribution in [0.3, 0.4) is 0 Å². The minimum atomic E-state index is 0.414. The Kier molecular flexibility index (Phi) is 3.70. The van der Waals surface area contributed by atoms with Crippen molar-refractivity contribution in [1.29, 1.82) is 0 Å². The maximum Gasteiger partial charge on any atom is 0.213 e. The Morgan fingerprint density at radius 3 is 2.76 bits per heavy atom. The van der Waals surface area contributed by atoms with Gasteiger partial charge in [-0.15, -0.1) is 0 Å². The van der Waals surface area contributed by atoms with Crippen molar-refractivity contribution in [1.82, 2.24) is 9.97 Å². The largest absolute Gasteiger partial charge is 0.473 e. The number of hydrogen-bond acceptors (Lipinski definition) is 3. The molecule has 0 aliphatic rings. The fourth-order valence-corrected chi connectivity index (χ4v) is 1.47. The number of hydrogen-bond donors (Lipinski definition) is 0. The molecule has 0 atom stereocenters. The highest BCUT2D eigenvalue weighted by atomic mass is 16.5. The van der Waals surface area contributed by atoms with Gasteiger partial charge in [0.05, 0.1) is 0 Å². The predicted octanol–water partition coefficient (Wildman–Crippen LogP) is 3.18. The van der Waals surface area contributed by atoms with Crippen LogP contribution >= 0.6 is 0 Å². The summed E-state index contributed by atoms with van der Waals surface area (Å²) >= 11 is 0. The first kappa shape index (κ1) is 11.6. The number of pyridine rings is 2. The van der Waals surface area contributed by atoms with E-state index in [0.29, 0.717) is 18.4 Å². The van der Waals surface area contributed by atoms with E-state index < -0.39 is 0 Å². The van der Waals surface area contributed by atoms with Gasteiger partial charge in [-0.1, -0.05) is 26.0 Å².